The van der Waals surface area contributed by atoms with Crippen molar-refractivity contribution in [2.24, 2.45) is 4.99 Å². The summed E-state index contributed by atoms with van der Waals surface area (Å²) >= 11 is 0. The van der Waals surface area contributed by atoms with Gasteiger partial charge in [-0.2, -0.15) is 0 Å². The van der Waals surface area contributed by atoms with Crippen molar-refractivity contribution in [3.63, 3.8) is 0 Å². The molecule has 0 aromatic carbocycles. The monoisotopic (exact) mass is 152 g/mol. The molecule has 0 bridgehead atoms. The first kappa shape index (κ1) is 10.1. The number of nitrogens with one attached hydrogen (secondary N) is 1. The first-order valence-electron chi connectivity index (χ1n) is 4.01. The lowest BCUT2D eigenvalue weighted by atomic mass is 10.1. The van der Waals surface area contributed by atoms with Gasteiger partial charge in [-0.15, -0.1) is 0 Å². The second-order valence-electron chi connectivity index (χ2n) is 2.21. The summed E-state index contributed by atoms with van der Waals surface area (Å²) in [6.45, 7) is 6.00. The maximum atomic E-state index is 7.12. The molecular formula is C9H16N2. The van der Waals surface area contributed by atoms with Gasteiger partial charge in [-0.05, 0) is 25.3 Å². The largest absolute Gasteiger partial charge is 0.308 e. The molecule has 0 unspecified atom stereocenters. The quantitative estimate of drug-likeness (QED) is 0.601. The lowest BCUT2D eigenvalue weighted by Crippen LogP contribution is -1.88. The molecule has 0 fully saturated rings. The number of rotatable bonds is 4. The Labute approximate surface area is 68.5 Å². The third-order valence-corrected chi connectivity index (χ3v) is 1.55. The molecule has 0 rings (SSSR count). The molecule has 1 N–H and O–H groups in total. The van der Waals surface area contributed by atoms with Crippen molar-refractivity contribution in [2.45, 2.75) is 33.6 Å². The van der Waals surface area contributed by atoms with E-state index in [1.54, 1.807) is 6.21 Å². The minimum Gasteiger partial charge on any atom is -0.308 e. The van der Waals surface area contributed by atoms with Gasteiger partial charge in [-0.1, -0.05) is 13.8 Å². The van der Waals surface area contributed by atoms with Crippen molar-refractivity contribution in [1.29, 1.82) is 5.41 Å². The molecule has 0 atom stereocenters. The third kappa shape index (κ3) is 3.12. The Morgan fingerprint density at radius 1 is 1.36 bits per heavy atom. The zero-order chi connectivity index (χ0) is 8.69. The van der Waals surface area contributed by atoms with Crippen LogP contribution in [0.15, 0.2) is 16.3 Å². The summed E-state index contributed by atoms with van der Waals surface area (Å²) in [4.78, 5) is 4.19. The summed E-state index contributed by atoms with van der Waals surface area (Å²) in [5, 5.41) is 7.12. The van der Waals surface area contributed by atoms with Crippen LogP contribution in [-0.4, -0.2) is 12.4 Å². The van der Waals surface area contributed by atoms with Crippen molar-refractivity contribution in [1.82, 2.24) is 0 Å². The van der Waals surface area contributed by atoms with Gasteiger partial charge < -0.3 is 5.41 Å². The molecule has 0 spiro atoms. The zero-order valence-corrected chi connectivity index (χ0v) is 7.52. The average Bonchev–Trinajstić information content (AvgIpc) is 2.05. The molecule has 0 radical (unpaired) electrons. The number of nitrogens with zero attached hydrogens (tertiary/aromatic N) is 1. The summed E-state index contributed by atoms with van der Waals surface area (Å²) in [5.41, 5.74) is 2.07. The summed E-state index contributed by atoms with van der Waals surface area (Å²) in [6, 6.07) is 0. The Kier molecular flexibility index (Phi) is 5.35. The fraction of sp³-hybridized carbons (Fsp3) is 0.556. The van der Waals surface area contributed by atoms with Gasteiger partial charge in [-0.25, -0.2) is 0 Å². The van der Waals surface area contributed by atoms with E-state index in [-0.39, 0.29) is 0 Å². The molecular weight excluding hydrogens is 136 g/mol. The predicted octanol–water partition coefficient (Wildman–Crippen LogP) is 2.80. The van der Waals surface area contributed by atoms with E-state index in [0.717, 1.165) is 24.1 Å². The zero-order valence-electron chi connectivity index (χ0n) is 7.52. The van der Waals surface area contributed by atoms with Gasteiger partial charge >= 0.3 is 0 Å². The average molecular weight is 152 g/mol. The smallest absolute Gasteiger partial charge is 0.0443 e. The van der Waals surface area contributed by atoms with Gasteiger partial charge in [0.05, 0.1) is 0 Å². The van der Waals surface area contributed by atoms with Crippen LogP contribution in [-0.2, 0) is 0 Å². The molecule has 2 nitrogen and oxygen atoms in total. The fourth-order valence-electron chi connectivity index (χ4n) is 0.947. The Balaban J connectivity index is 4.61. The highest BCUT2D eigenvalue weighted by atomic mass is 14.7. The van der Waals surface area contributed by atoms with Crippen LogP contribution in [0.5, 0.6) is 0 Å². The highest BCUT2D eigenvalue weighted by Gasteiger charge is 1.96. The van der Waals surface area contributed by atoms with E-state index in [2.05, 4.69) is 11.9 Å². The molecule has 0 aliphatic heterocycles. The van der Waals surface area contributed by atoms with Crippen LogP contribution in [0.25, 0.3) is 0 Å². The molecule has 0 aliphatic rings. The summed E-state index contributed by atoms with van der Waals surface area (Å²) in [7, 11) is 0. The van der Waals surface area contributed by atoms with E-state index in [0.29, 0.717) is 0 Å². The van der Waals surface area contributed by atoms with Crippen molar-refractivity contribution in [3.8, 4) is 0 Å². The van der Waals surface area contributed by atoms with Gasteiger partial charge in [0.25, 0.3) is 0 Å². The van der Waals surface area contributed by atoms with Crippen molar-refractivity contribution in [3.05, 3.63) is 11.3 Å². The van der Waals surface area contributed by atoms with E-state index in [9.17, 15) is 0 Å². The molecule has 0 aromatic heterocycles. The van der Waals surface area contributed by atoms with Crippen LogP contribution in [0.4, 0.5) is 0 Å². The van der Waals surface area contributed by atoms with E-state index in [1.807, 2.05) is 13.8 Å². The fourth-order valence-corrected chi connectivity index (χ4v) is 0.947. The summed E-state index contributed by atoms with van der Waals surface area (Å²) in [5.74, 6) is 0. The minimum atomic E-state index is 0.893. The van der Waals surface area contributed by atoms with Gasteiger partial charge in [-0.3, -0.25) is 4.99 Å². The molecule has 0 saturated carbocycles. The molecule has 11 heavy (non-hydrogen) atoms. The Bertz CT molecular complexity index is 178. The second-order valence-corrected chi connectivity index (χ2v) is 2.21. The van der Waals surface area contributed by atoms with Crippen LogP contribution in [0.2, 0.25) is 0 Å². The topological polar surface area (TPSA) is 36.2 Å². The van der Waals surface area contributed by atoms with Crippen molar-refractivity contribution in [2.75, 3.05) is 0 Å². The predicted molar refractivity (Wildman–Crippen MR) is 50.6 cm³/mol. The van der Waals surface area contributed by atoms with Gasteiger partial charge in [0.2, 0.25) is 0 Å². The van der Waals surface area contributed by atoms with E-state index in [1.165, 1.54) is 6.21 Å². The van der Waals surface area contributed by atoms with Crippen LogP contribution in [0, 0.1) is 5.41 Å². The van der Waals surface area contributed by atoms with Gasteiger partial charge in [0.15, 0.2) is 0 Å². The number of aliphatic imine (C=N–C) groups is 1. The summed E-state index contributed by atoms with van der Waals surface area (Å²) in [6.07, 6.45) is 4.97. The summed E-state index contributed by atoms with van der Waals surface area (Å²) < 4.78 is 0. The first-order chi connectivity index (χ1) is 5.29. The van der Waals surface area contributed by atoms with Crippen LogP contribution >= 0.6 is 0 Å². The van der Waals surface area contributed by atoms with E-state index in [4.69, 9.17) is 5.41 Å². The van der Waals surface area contributed by atoms with Crippen molar-refractivity contribution >= 4 is 12.4 Å². The van der Waals surface area contributed by atoms with Crippen LogP contribution in [0.1, 0.15) is 33.6 Å². The maximum Gasteiger partial charge on any atom is 0.0443 e. The third-order valence-electron chi connectivity index (χ3n) is 1.55. The molecule has 0 aliphatic carbocycles. The maximum absolute atomic E-state index is 7.12. The lowest BCUT2D eigenvalue weighted by Gasteiger charge is -2.01. The molecule has 2 heteroatoms. The van der Waals surface area contributed by atoms with Gasteiger partial charge in [0.1, 0.15) is 0 Å². The van der Waals surface area contributed by atoms with Crippen LogP contribution < -0.4 is 0 Å². The van der Waals surface area contributed by atoms with Gasteiger partial charge in [0, 0.05) is 18.1 Å². The normalized spacial score (nSPS) is 13.4. The lowest BCUT2D eigenvalue weighted by molar-refractivity contribution is 1.01. The van der Waals surface area contributed by atoms with Crippen LogP contribution in [0.3, 0.4) is 0 Å². The van der Waals surface area contributed by atoms with E-state index < -0.39 is 0 Å². The highest BCUT2D eigenvalue weighted by molar-refractivity contribution is 5.77. The van der Waals surface area contributed by atoms with Crippen molar-refractivity contribution < 1.29 is 0 Å². The SMILES string of the molecule is CC=N/C(CC)=C(\C=N)CC. The molecule has 62 valence electrons. The molecule has 0 saturated heterocycles. The highest BCUT2D eigenvalue weighted by Crippen LogP contribution is 2.10. The van der Waals surface area contributed by atoms with E-state index >= 15 is 0 Å². The Morgan fingerprint density at radius 2 is 2.00 bits per heavy atom. The first-order valence-corrected chi connectivity index (χ1v) is 4.01. The Morgan fingerprint density at radius 3 is 2.27 bits per heavy atom. The molecule has 0 heterocycles. The number of hydrogen-bond donors (Lipinski definition) is 1. The Hall–Kier alpha value is -0.920. The number of allylic oxidation sites excluding steroid dienone is 2. The molecule has 0 aromatic rings. The molecule has 0 amide bonds. The minimum absolute atomic E-state index is 0.893. The number of hydrogen-bond acceptors (Lipinski definition) is 2. The second kappa shape index (κ2) is 5.83. The standard InChI is InChI=1S/C9H16N2/c1-4-8(7-10)9(5-2)11-6-3/h6-7,10H,4-5H2,1-3H3/b9-8-,10-7?,11-6?.